The van der Waals surface area contributed by atoms with Gasteiger partial charge in [0.05, 0.1) is 29.0 Å². The van der Waals surface area contributed by atoms with Crippen molar-refractivity contribution in [3.63, 3.8) is 0 Å². The van der Waals surface area contributed by atoms with Gasteiger partial charge in [-0.3, -0.25) is 14.5 Å². The second-order valence-electron chi connectivity index (χ2n) is 7.77. The number of carboxylic acid groups (broad SMARTS) is 1. The third-order valence-corrected chi connectivity index (χ3v) is 5.53. The molecule has 2 saturated heterocycles. The molecule has 0 aliphatic carbocycles. The van der Waals surface area contributed by atoms with E-state index in [0.717, 1.165) is 80.9 Å². The molecule has 1 aromatic carbocycles. The Morgan fingerprint density at radius 2 is 1.73 bits per heavy atom. The Morgan fingerprint density at radius 1 is 1.07 bits per heavy atom. The van der Waals surface area contributed by atoms with Gasteiger partial charge in [-0.1, -0.05) is 0 Å². The highest BCUT2D eigenvalue weighted by atomic mass is 16.3. The molecule has 0 unspecified atom stereocenters. The van der Waals surface area contributed by atoms with E-state index in [2.05, 4.69) is 37.0 Å². The van der Waals surface area contributed by atoms with Crippen LogP contribution in [-0.2, 0) is 9.59 Å². The zero-order chi connectivity index (χ0) is 21.5. The highest BCUT2D eigenvalue weighted by molar-refractivity contribution is 5.99. The second-order valence-corrected chi connectivity index (χ2v) is 7.77. The third-order valence-electron chi connectivity index (χ3n) is 5.53. The van der Waals surface area contributed by atoms with Gasteiger partial charge in [0.2, 0.25) is 5.91 Å². The smallest absolute Gasteiger partial charge is 0.323 e. The average Bonchev–Trinajstić information content (AvgIpc) is 3.29. The lowest BCUT2D eigenvalue weighted by atomic mass is 10.2. The summed E-state index contributed by atoms with van der Waals surface area (Å²) in [6.45, 7) is 6.02. The van der Waals surface area contributed by atoms with Crippen molar-refractivity contribution >= 4 is 34.8 Å². The fourth-order valence-corrected chi connectivity index (χ4v) is 4.04. The maximum Gasteiger partial charge on any atom is 0.323 e. The van der Waals surface area contributed by atoms with E-state index < -0.39 is 0 Å². The van der Waals surface area contributed by atoms with Gasteiger partial charge in [0, 0.05) is 26.2 Å². The Kier molecular flexibility index (Phi) is 7.47. The van der Waals surface area contributed by atoms with E-state index >= 15 is 0 Å². The minimum Gasteiger partial charge on any atom is -0.483 e. The number of benzene rings is 1. The third kappa shape index (κ3) is 5.61. The normalized spacial score (nSPS) is 18.0. The monoisotopic (exact) mass is 418 g/mol. The Bertz CT molecular complexity index is 918. The lowest BCUT2D eigenvalue weighted by molar-refractivity contribution is -0.123. The number of likely N-dealkylation sites (N-methyl/N-ethyl adjacent to an activating group) is 1. The number of aromatic nitrogens is 2. The molecule has 2 aliphatic rings. The van der Waals surface area contributed by atoms with Crippen LogP contribution in [0.2, 0.25) is 0 Å². The number of imidazole rings is 1. The summed E-state index contributed by atoms with van der Waals surface area (Å²) in [7, 11) is 2.12. The van der Waals surface area contributed by atoms with E-state index in [0.29, 0.717) is 6.54 Å². The first-order chi connectivity index (χ1) is 14.5. The number of amides is 1. The van der Waals surface area contributed by atoms with E-state index in [9.17, 15) is 9.59 Å². The minimum absolute atomic E-state index is 0.00256. The van der Waals surface area contributed by atoms with Crippen molar-refractivity contribution in [1.29, 1.82) is 0 Å². The predicted octanol–water partition coefficient (Wildman–Crippen LogP) is 0.733. The van der Waals surface area contributed by atoms with Gasteiger partial charge in [-0.25, -0.2) is 4.79 Å². The average molecular weight is 418 g/mol. The summed E-state index contributed by atoms with van der Waals surface area (Å²) in [6, 6.07) is 3.84. The summed E-state index contributed by atoms with van der Waals surface area (Å²) in [6.07, 6.45) is 3.38. The summed E-state index contributed by atoms with van der Waals surface area (Å²) < 4.78 is 0. The van der Waals surface area contributed by atoms with Crippen LogP contribution in [0.5, 0.6) is 0 Å². The molecular formula is C20H30N6O4. The van der Waals surface area contributed by atoms with Gasteiger partial charge < -0.3 is 30.2 Å². The van der Waals surface area contributed by atoms with Crippen molar-refractivity contribution in [3.05, 3.63) is 22.6 Å². The predicted molar refractivity (Wildman–Crippen MR) is 116 cm³/mol. The van der Waals surface area contributed by atoms with Crippen LogP contribution in [0.4, 0.5) is 11.4 Å². The van der Waals surface area contributed by atoms with E-state index in [4.69, 9.17) is 9.90 Å². The molecule has 0 radical (unpaired) electrons. The molecule has 0 saturated carbocycles. The fourth-order valence-electron chi connectivity index (χ4n) is 4.04. The van der Waals surface area contributed by atoms with Crippen LogP contribution in [0.1, 0.15) is 19.3 Å². The lowest BCUT2D eigenvalue weighted by Gasteiger charge is -2.23. The first-order valence-corrected chi connectivity index (χ1v) is 10.3. The molecule has 4 N–H and O–H groups in total. The van der Waals surface area contributed by atoms with Crippen LogP contribution in [0.25, 0.3) is 11.0 Å². The summed E-state index contributed by atoms with van der Waals surface area (Å²) >= 11 is 0. The van der Waals surface area contributed by atoms with Gasteiger partial charge in [0.1, 0.15) is 0 Å². The van der Waals surface area contributed by atoms with Crippen molar-refractivity contribution in [2.24, 2.45) is 0 Å². The van der Waals surface area contributed by atoms with E-state index in [-0.39, 0.29) is 18.1 Å². The van der Waals surface area contributed by atoms with Crippen LogP contribution >= 0.6 is 0 Å². The largest absolute Gasteiger partial charge is 0.483 e. The van der Waals surface area contributed by atoms with Crippen molar-refractivity contribution in [2.75, 3.05) is 63.1 Å². The number of anilines is 2. The molecule has 0 spiro atoms. The van der Waals surface area contributed by atoms with Crippen LogP contribution < -0.4 is 15.9 Å². The quantitative estimate of drug-likeness (QED) is 0.540. The first-order valence-electron chi connectivity index (χ1n) is 10.3. The molecule has 30 heavy (non-hydrogen) atoms. The van der Waals surface area contributed by atoms with Crippen molar-refractivity contribution < 1.29 is 14.7 Å². The topological polar surface area (TPSA) is 125 Å². The summed E-state index contributed by atoms with van der Waals surface area (Å²) in [4.78, 5) is 45.1. The molecular weight excluding hydrogens is 388 g/mol. The van der Waals surface area contributed by atoms with Crippen LogP contribution in [-0.4, -0.2) is 90.1 Å². The van der Waals surface area contributed by atoms with E-state index in [1.54, 1.807) is 0 Å². The second kappa shape index (κ2) is 10.3. The van der Waals surface area contributed by atoms with Crippen molar-refractivity contribution in [3.8, 4) is 0 Å². The number of carbonyl (C=O) groups is 2. The van der Waals surface area contributed by atoms with E-state index in [1.165, 1.54) is 0 Å². The molecule has 2 fully saturated rings. The Balaban J connectivity index is 0.000000806. The number of H-pyrrole nitrogens is 2. The Labute approximate surface area is 174 Å². The van der Waals surface area contributed by atoms with Gasteiger partial charge in [-0.15, -0.1) is 0 Å². The van der Waals surface area contributed by atoms with Gasteiger partial charge in [-0.05, 0) is 51.5 Å². The number of nitrogens with one attached hydrogen (secondary N) is 3. The van der Waals surface area contributed by atoms with Gasteiger partial charge >= 0.3 is 5.69 Å². The van der Waals surface area contributed by atoms with Gasteiger partial charge in [0.15, 0.2) is 0 Å². The molecule has 3 heterocycles. The number of hydrogen-bond acceptors (Lipinski definition) is 6. The SMILES string of the molecule is CN1CCCN(CC(=O)Nc2cc3[nH]c(=O)[nH]c3cc2N2CCCC2)CC1.O=CO. The van der Waals surface area contributed by atoms with Crippen molar-refractivity contribution in [1.82, 2.24) is 19.8 Å². The van der Waals surface area contributed by atoms with Crippen LogP contribution in [0.15, 0.2) is 16.9 Å². The highest BCUT2D eigenvalue weighted by Crippen LogP contribution is 2.32. The minimum atomic E-state index is -0.250. The number of hydrogen-bond donors (Lipinski definition) is 4. The number of rotatable bonds is 4. The molecule has 1 amide bonds. The lowest BCUT2D eigenvalue weighted by Crippen LogP contribution is -2.36. The Hall–Kier alpha value is -2.85. The van der Waals surface area contributed by atoms with Gasteiger partial charge in [-0.2, -0.15) is 0 Å². The number of aromatic amines is 2. The summed E-state index contributed by atoms with van der Waals surface area (Å²) in [5.41, 5.74) is 3.02. The maximum absolute atomic E-state index is 12.7. The zero-order valence-corrected chi connectivity index (χ0v) is 17.3. The molecule has 10 nitrogen and oxygen atoms in total. The molecule has 0 atom stereocenters. The zero-order valence-electron chi connectivity index (χ0n) is 17.3. The number of nitrogens with zero attached hydrogens (tertiary/aromatic N) is 3. The molecule has 2 aromatic rings. The van der Waals surface area contributed by atoms with E-state index in [1.807, 2.05) is 12.1 Å². The number of carbonyl (C=O) groups excluding carboxylic acids is 1. The molecule has 1 aromatic heterocycles. The molecule has 10 heteroatoms. The molecule has 164 valence electrons. The summed E-state index contributed by atoms with van der Waals surface area (Å²) in [5, 5.41) is 9.98. The number of fused-ring (bicyclic) bond motifs is 1. The molecule has 2 aliphatic heterocycles. The highest BCUT2D eigenvalue weighted by Gasteiger charge is 2.20. The molecule has 0 bridgehead atoms. The molecule has 4 rings (SSSR count). The van der Waals surface area contributed by atoms with Gasteiger partial charge in [0.25, 0.3) is 6.47 Å². The first kappa shape index (κ1) is 21.8. The summed E-state index contributed by atoms with van der Waals surface area (Å²) in [5.74, 6) is -0.00256. The van der Waals surface area contributed by atoms with Crippen LogP contribution in [0.3, 0.4) is 0 Å². The van der Waals surface area contributed by atoms with Crippen LogP contribution in [0, 0.1) is 0 Å². The fraction of sp³-hybridized carbons (Fsp3) is 0.550. The maximum atomic E-state index is 12.7. The Morgan fingerprint density at radius 3 is 2.43 bits per heavy atom. The standard InChI is InChI=1S/C19H28N6O2.CH2O2/c1-23-5-4-6-24(10-9-23)13-18(26)20-16-11-14-15(22-19(27)21-14)12-17(16)25-7-2-3-8-25;2-1-3/h11-12H,2-10,13H2,1H3,(H,20,26)(H2,21,22,27);1H,(H,2,3). The van der Waals surface area contributed by atoms with Crippen molar-refractivity contribution in [2.45, 2.75) is 19.3 Å².